The van der Waals surface area contributed by atoms with Crippen LogP contribution in [0.5, 0.6) is 23.0 Å². The van der Waals surface area contributed by atoms with Crippen LogP contribution in [0.1, 0.15) is 6.92 Å². The Morgan fingerprint density at radius 2 is 1.42 bits per heavy atom. The minimum absolute atomic E-state index is 0.0222. The van der Waals surface area contributed by atoms with Crippen LogP contribution in [0.25, 0.3) is 22.3 Å². The zero-order valence-corrected chi connectivity index (χ0v) is 26.3. The van der Waals surface area contributed by atoms with Gasteiger partial charge in [-0.3, -0.25) is 0 Å². The molecule has 274 valence electrons. The first-order chi connectivity index (χ1) is 23.7. The SMILES string of the molecule is CC1O[C@@H](OCC2O[C@@H](Oc3cc4c(O)cc(O)cc4[o+]c3-c3ccc(O)cc3)C(O[C@@H]3OC[C@@H](O)C(O)[C@H]3O)C(O)[C@@H]2O)C(O)[C@@H](O)[C@H]1O. The van der Waals surface area contributed by atoms with Gasteiger partial charge in [-0.05, 0) is 31.2 Å². The summed E-state index contributed by atoms with van der Waals surface area (Å²) in [6.45, 7) is 0.401. The van der Waals surface area contributed by atoms with Gasteiger partial charge in [-0.25, -0.2) is 4.42 Å². The molecule has 6 unspecified atom stereocenters. The fraction of sp³-hybridized carbons (Fsp3) is 0.531. The average molecular weight is 712 g/mol. The molecule has 3 aliphatic heterocycles. The lowest BCUT2D eigenvalue weighted by Crippen LogP contribution is -2.64. The van der Waals surface area contributed by atoms with Gasteiger partial charge >= 0.3 is 11.3 Å². The van der Waals surface area contributed by atoms with Gasteiger partial charge in [0.2, 0.25) is 12.0 Å². The Kier molecular flexibility index (Phi) is 10.6. The van der Waals surface area contributed by atoms with Crippen LogP contribution in [-0.2, 0) is 23.7 Å². The highest BCUT2D eigenvalue weighted by Crippen LogP contribution is 2.41. The van der Waals surface area contributed by atoms with Gasteiger partial charge in [-0.2, -0.15) is 0 Å². The summed E-state index contributed by atoms with van der Waals surface area (Å²) in [5.74, 6) is -0.952. The second-order valence-corrected chi connectivity index (χ2v) is 12.4. The Balaban J connectivity index is 1.34. The predicted molar refractivity (Wildman–Crippen MR) is 163 cm³/mol. The Bertz CT molecular complexity index is 1620. The molecule has 3 saturated heterocycles. The summed E-state index contributed by atoms with van der Waals surface area (Å²) in [4.78, 5) is 0. The molecular formula is C32H39O18+. The molecule has 18 nitrogen and oxygen atoms in total. The van der Waals surface area contributed by atoms with Crippen LogP contribution in [-0.4, -0.2) is 155 Å². The van der Waals surface area contributed by atoms with Gasteiger partial charge in [0.1, 0.15) is 77.6 Å². The molecule has 3 aliphatic rings. The number of hydrogen-bond donors (Lipinski definition) is 11. The van der Waals surface area contributed by atoms with Gasteiger partial charge in [0.15, 0.2) is 18.7 Å². The van der Waals surface area contributed by atoms with Crippen molar-refractivity contribution in [1.82, 2.24) is 0 Å². The summed E-state index contributed by atoms with van der Waals surface area (Å²) in [6.07, 6.45) is -22.3. The molecule has 6 rings (SSSR count). The molecule has 18 heteroatoms. The number of hydrogen-bond acceptors (Lipinski definition) is 17. The number of phenolic OH excluding ortho intramolecular Hbond substituents is 3. The molecule has 50 heavy (non-hydrogen) atoms. The van der Waals surface area contributed by atoms with Crippen LogP contribution < -0.4 is 4.74 Å². The number of phenols is 3. The number of aliphatic hydroxyl groups excluding tert-OH is 8. The van der Waals surface area contributed by atoms with Crippen molar-refractivity contribution < 1.29 is 89.0 Å². The molecule has 3 fully saturated rings. The van der Waals surface area contributed by atoms with Crippen molar-refractivity contribution in [3.05, 3.63) is 42.5 Å². The van der Waals surface area contributed by atoms with Crippen molar-refractivity contribution in [3.63, 3.8) is 0 Å². The first-order valence-electron chi connectivity index (χ1n) is 15.7. The second-order valence-electron chi connectivity index (χ2n) is 12.4. The largest absolute Gasteiger partial charge is 0.508 e. The normalized spacial score (nSPS) is 37.9. The van der Waals surface area contributed by atoms with Crippen molar-refractivity contribution in [3.8, 4) is 34.3 Å². The number of rotatable bonds is 8. The van der Waals surface area contributed by atoms with Crippen molar-refractivity contribution in [2.75, 3.05) is 13.2 Å². The summed E-state index contributed by atoms with van der Waals surface area (Å²) in [5.41, 5.74) is 0.355. The lowest BCUT2D eigenvalue weighted by molar-refractivity contribution is -0.352. The fourth-order valence-electron chi connectivity index (χ4n) is 5.89. The minimum Gasteiger partial charge on any atom is -0.508 e. The van der Waals surface area contributed by atoms with Crippen LogP contribution in [0, 0.1) is 0 Å². The number of ether oxygens (including phenoxy) is 6. The van der Waals surface area contributed by atoms with Gasteiger partial charge in [0, 0.05) is 12.1 Å². The van der Waals surface area contributed by atoms with Crippen LogP contribution in [0.2, 0.25) is 0 Å². The Morgan fingerprint density at radius 1 is 0.720 bits per heavy atom. The van der Waals surface area contributed by atoms with Crippen molar-refractivity contribution in [2.45, 2.75) is 92.9 Å². The topological polar surface area (TPSA) is 289 Å². The number of aromatic hydroxyl groups is 3. The molecule has 3 aromatic rings. The van der Waals surface area contributed by atoms with Gasteiger partial charge < -0.3 is 84.6 Å². The zero-order valence-electron chi connectivity index (χ0n) is 26.3. The molecule has 11 N–H and O–H groups in total. The van der Waals surface area contributed by atoms with Crippen LogP contribution in [0.15, 0.2) is 46.9 Å². The van der Waals surface area contributed by atoms with Crippen molar-refractivity contribution in [2.24, 2.45) is 0 Å². The molecular weight excluding hydrogens is 672 g/mol. The summed E-state index contributed by atoms with van der Waals surface area (Å²) in [5, 5.41) is 114. The first-order valence-corrected chi connectivity index (χ1v) is 15.7. The lowest BCUT2D eigenvalue weighted by Gasteiger charge is -2.45. The Morgan fingerprint density at radius 3 is 2.14 bits per heavy atom. The summed E-state index contributed by atoms with van der Waals surface area (Å²) < 4.78 is 40.4. The molecule has 0 saturated carbocycles. The molecule has 1 aromatic heterocycles. The minimum atomic E-state index is -1.88. The van der Waals surface area contributed by atoms with E-state index in [2.05, 4.69) is 0 Å². The predicted octanol–water partition coefficient (Wildman–Crippen LogP) is -2.01. The van der Waals surface area contributed by atoms with Crippen molar-refractivity contribution >= 4 is 11.0 Å². The van der Waals surface area contributed by atoms with E-state index in [0.29, 0.717) is 5.56 Å². The third kappa shape index (κ3) is 7.16. The first kappa shape index (κ1) is 36.3. The van der Waals surface area contributed by atoms with Crippen molar-refractivity contribution in [1.29, 1.82) is 0 Å². The van der Waals surface area contributed by atoms with Gasteiger partial charge in [-0.1, -0.05) is 0 Å². The maximum absolute atomic E-state index is 11.3. The molecule has 4 heterocycles. The van der Waals surface area contributed by atoms with E-state index in [1.165, 1.54) is 43.3 Å². The number of aliphatic hydroxyl groups is 8. The van der Waals surface area contributed by atoms with Gasteiger partial charge in [0.25, 0.3) is 0 Å². The summed E-state index contributed by atoms with van der Waals surface area (Å²) in [7, 11) is 0. The van der Waals surface area contributed by atoms with Crippen LogP contribution in [0.4, 0.5) is 0 Å². The van der Waals surface area contributed by atoms with Gasteiger partial charge in [-0.15, -0.1) is 0 Å². The zero-order chi connectivity index (χ0) is 36.0. The molecule has 0 amide bonds. The monoisotopic (exact) mass is 711 g/mol. The molecule has 0 radical (unpaired) electrons. The third-order valence-electron chi connectivity index (χ3n) is 8.81. The fourth-order valence-corrected chi connectivity index (χ4v) is 5.89. The highest BCUT2D eigenvalue weighted by atomic mass is 16.8. The molecule has 14 atom stereocenters. The van der Waals surface area contributed by atoms with Crippen LogP contribution in [0.3, 0.4) is 0 Å². The second kappa shape index (κ2) is 14.6. The summed E-state index contributed by atoms with van der Waals surface area (Å²) in [6, 6.07) is 9.27. The van der Waals surface area contributed by atoms with Crippen LogP contribution >= 0.6 is 0 Å². The quantitative estimate of drug-likeness (QED) is 0.113. The van der Waals surface area contributed by atoms with E-state index >= 15 is 0 Å². The van der Waals surface area contributed by atoms with Gasteiger partial charge in [0.05, 0.1) is 30.9 Å². The average Bonchev–Trinajstić information content (AvgIpc) is 3.08. The van der Waals surface area contributed by atoms with E-state index in [4.69, 9.17) is 32.8 Å². The van der Waals surface area contributed by atoms with E-state index in [0.717, 1.165) is 6.07 Å². The summed E-state index contributed by atoms with van der Waals surface area (Å²) >= 11 is 0. The lowest BCUT2D eigenvalue weighted by atomic mass is 9.98. The molecule has 2 aromatic carbocycles. The molecule has 0 aliphatic carbocycles. The highest BCUT2D eigenvalue weighted by Gasteiger charge is 2.51. The maximum Gasteiger partial charge on any atom is 0.402 e. The highest BCUT2D eigenvalue weighted by molar-refractivity contribution is 5.88. The standard InChI is InChI=1S/C32H38O18/c1-11-21(37)24(40)27(43)30(46-11)45-10-20-23(39)25(41)29(50-31-26(42)22(38)17(36)9-44-31)32(49-20)48-19-8-15-16(35)6-14(34)7-18(15)47-28(19)12-2-4-13(33)5-3-12/h2-8,11,17,20-27,29-32,36-43H,9-10H2,1H3,(H2-,33,34,35)/p+1/t11?,17-,20?,21+,22?,23-,24+,25?,26-,27?,29?,30-,31+,32-/m1/s1. The Hall–Kier alpha value is -3.47. The van der Waals surface area contributed by atoms with E-state index in [9.17, 15) is 56.2 Å². The number of fused-ring (bicyclic) bond motifs is 1. The molecule has 0 spiro atoms. The van der Waals surface area contributed by atoms with E-state index in [-0.39, 0.29) is 34.0 Å². The Labute approximate surface area is 283 Å². The maximum atomic E-state index is 11.3. The van der Waals surface area contributed by atoms with E-state index < -0.39 is 105 Å². The van der Waals surface area contributed by atoms with E-state index in [1.807, 2.05) is 0 Å². The number of benzene rings is 2. The smallest absolute Gasteiger partial charge is 0.402 e. The third-order valence-corrected chi connectivity index (χ3v) is 8.81. The molecule has 0 bridgehead atoms. The van der Waals surface area contributed by atoms with E-state index in [1.54, 1.807) is 0 Å².